The van der Waals surface area contributed by atoms with E-state index in [1.165, 1.54) is 322 Å². The van der Waals surface area contributed by atoms with E-state index in [0.29, 0.717) is 9.79 Å². The predicted molar refractivity (Wildman–Crippen MR) is 564 cm³/mol. The van der Waals surface area contributed by atoms with Crippen LogP contribution in [0.1, 0.15) is 284 Å². The normalized spacial score (nSPS) is 16.8. The lowest BCUT2D eigenvalue weighted by Crippen LogP contribution is -2.31. The molecule has 3 heterocycles. The zero-order valence-corrected chi connectivity index (χ0v) is 87.3. The van der Waals surface area contributed by atoms with Crippen LogP contribution < -0.4 is 0 Å². The molecule has 0 N–H and O–H groups in total. The summed E-state index contributed by atoms with van der Waals surface area (Å²) in [5.74, 6) is 4.19. The van der Waals surface area contributed by atoms with E-state index in [0.717, 1.165) is 43.8 Å². The van der Waals surface area contributed by atoms with Crippen molar-refractivity contribution in [3.63, 3.8) is 0 Å². The van der Waals surface area contributed by atoms with Crippen LogP contribution in [-0.2, 0) is 45.4 Å². The van der Waals surface area contributed by atoms with Crippen molar-refractivity contribution in [2.45, 2.75) is 280 Å². The molecule has 21 rings (SSSR count). The van der Waals surface area contributed by atoms with Crippen molar-refractivity contribution in [3.05, 3.63) is 355 Å². The van der Waals surface area contributed by atoms with E-state index in [1.54, 1.807) is 17.6 Å². The molecule has 8 heteroatoms. The molecule has 3 spiro atoms. The van der Waals surface area contributed by atoms with Crippen LogP contribution in [0.3, 0.4) is 0 Å². The Morgan fingerprint density at radius 1 is 0.197 bits per heavy atom. The van der Waals surface area contributed by atoms with Crippen LogP contribution in [0.5, 0.6) is 0 Å². The van der Waals surface area contributed by atoms with Crippen molar-refractivity contribution in [3.8, 4) is 66.8 Å². The quantitative estimate of drug-likeness (QED) is 0.141. The second-order valence-corrected chi connectivity index (χ2v) is 47.0. The minimum absolute atomic E-state index is 0.416. The van der Waals surface area contributed by atoms with Gasteiger partial charge >= 0.3 is 0 Å². The molecule has 0 radical (unpaired) electrons. The number of allylic oxidation sites excluding steroid dienone is 3. The molecular weight excluding hydrogens is 1670 g/mol. The third-order valence-electron chi connectivity index (χ3n) is 36.7. The molecule has 132 heavy (non-hydrogen) atoms. The van der Waals surface area contributed by atoms with Crippen molar-refractivity contribution in [1.29, 1.82) is 0 Å². The Kier molecular flexibility index (Phi) is 20.0. The summed E-state index contributed by atoms with van der Waals surface area (Å²) in [6.07, 6.45) is 19.7. The molecule has 6 aliphatic carbocycles. The lowest BCUT2D eigenvalue weighted by atomic mass is 9.63. The SMILES string of the molecule is C=S1(=O)C=Cc2cc3c(cc21)C1(C=C3)c2c(C)c(C)c(C)c(C)c2-c2c(C)c(C)c(C)c(C)c2-c2c(C)c(C)c(C)c(C)c21.Cc1c(C)c(C)c2c(c1C)-c1c(C)c(C)c(C)c(C)c1C1(C=Cc3ccc4c(c31)C=CS4(=O)=O)c1c(C)c(C)c(C)c(C)c1-2.Cc1c(C)c(C)c2c(c1C)-c1c(C)c(C)c(C)c(C)c1C1(C=Cc3ccc4c(c31)S(=O)(=O)C=C4)c1c(C)c(C)c(C)c(C)c1-2. The van der Waals surface area contributed by atoms with Crippen molar-refractivity contribution in [2.75, 3.05) is 0 Å². The Morgan fingerprint density at radius 2 is 0.439 bits per heavy atom. The van der Waals surface area contributed by atoms with E-state index < -0.39 is 45.4 Å². The van der Waals surface area contributed by atoms with E-state index in [4.69, 9.17) is 0 Å². The number of hydrogen-bond acceptors (Lipinski definition) is 5. The average molecular weight is 1790 g/mol. The first-order chi connectivity index (χ1) is 61.8. The number of benzene rings is 12. The molecule has 9 aliphatic rings. The van der Waals surface area contributed by atoms with Gasteiger partial charge in [-0.1, -0.05) is 54.7 Å². The molecule has 1 unspecified atom stereocenters. The molecule has 672 valence electrons. The molecule has 0 aromatic heterocycles. The van der Waals surface area contributed by atoms with E-state index >= 15 is 0 Å². The smallest absolute Gasteiger partial charge is 0.200 e. The Hall–Kier alpha value is -11.0. The minimum Gasteiger partial charge on any atom is -0.259 e. The second kappa shape index (κ2) is 29.3. The molecule has 0 saturated heterocycles. The first kappa shape index (κ1) is 90.2. The minimum atomic E-state index is -3.62. The zero-order valence-electron chi connectivity index (χ0n) is 84.9. The van der Waals surface area contributed by atoms with E-state index in [-0.39, 0.29) is 0 Å². The summed E-state index contributed by atoms with van der Waals surface area (Å²) in [5.41, 5.74) is 78.6. The average Bonchev–Trinajstić information content (AvgIpc) is 1.52. The molecule has 0 fully saturated rings. The highest BCUT2D eigenvalue weighted by atomic mass is 32.2. The van der Waals surface area contributed by atoms with Gasteiger partial charge in [0.1, 0.15) is 0 Å². The maximum absolute atomic E-state index is 14.0. The standard InChI is InChI=1S/C42H44OS.2C41H42O2S/c1-20-21(2)27(8)37-36(26(20)7)38-28(9)22(3)24(5)30(11)40(38)42(41-31(12)25(6)23(4)29(10)39(37)41)16-14-32-18-33-15-17-44(13,43)35(33)19-34(32)42;1-19-20(2)26(8)35-34(25(19)7)36-27(9)21(3)23(5)29(11)38(36)41(39-30(12)24(6)22(4)28(10)37(35)39)17-15-31-13-14-33-32(40(31)41)16-18-44(33,42)43;1-19-20(2)26(8)34-33(25(19)7)35-27(9)21(3)23(5)29(11)37(35)41(38-30(12)24(6)22(4)28(10)36(34)38)17-15-31-13-14-32-16-18-44(42,43)40(32)39(31)41/h14-19H,13H2,1-12H3;2*13-18H,1-12H3. The fourth-order valence-corrected chi connectivity index (χ4v) is 30.6. The van der Waals surface area contributed by atoms with Gasteiger partial charge in [0.2, 0.25) is 9.84 Å². The Morgan fingerprint density at radius 3 is 0.765 bits per heavy atom. The number of fused-ring (bicyclic) bond motifs is 32. The van der Waals surface area contributed by atoms with Gasteiger partial charge in [-0.2, -0.15) is 0 Å². The molecular formula is C124H128O5S3. The van der Waals surface area contributed by atoms with Crippen LogP contribution in [0.4, 0.5) is 0 Å². The van der Waals surface area contributed by atoms with Gasteiger partial charge in [0.25, 0.3) is 0 Å². The second-order valence-electron chi connectivity index (χ2n) is 41.3. The lowest BCUT2D eigenvalue weighted by Gasteiger charge is -2.39. The number of hydrogen-bond donors (Lipinski definition) is 0. The molecule has 0 bridgehead atoms. The van der Waals surface area contributed by atoms with Crippen LogP contribution in [0.2, 0.25) is 0 Å². The summed E-state index contributed by atoms with van der Waals surface area (Å²) in [6.45, 7) is 82.4. The highest BCUT2D eigenvalue weighted by Gasteiger charge is 2.55. The summed E-state index contributed by atoms with van der Waals surface area (Å²) in [5, 5.41) is 4.60. The first-order valence-corrected chi connectivity index (χ1v) is 52.1. The van der Waals surface area contributed by atoms with Gasteiger partial charge in [-0.05, 0) is 647 Å². The lowest BCUT2D eigenvalue weighted by molar-refractivity contribution is 0.601. The topological polar surface area (TPSA) is 85.3 Å². The van der Waals surface area contributed by atoms with Gasteiger partial charge < -0.3 is 0 Å². The van der Waals surface area contributed by atoms with E-state index in [2.05, 4.69) is 310 Å². The monoisotopic (exact) mass is 1790 g/mol. The predicted octanol–water partition coefficient (Wildman–Crippen LogP) is 30.8. The van der Waals surface area contributed by atoms with Crippen molar-refractivity contribution >= 4 is 71.5 Å². The number of rotatable bonds is 0. The molecule has 5 nitrogen and oxygen atoms in total. The van der Waals surface area contributed by atoms with Gasteiger partial charge in [0, 0.05) is 25.2 Å². The summed E-state index contributed by atoms with van der Waals surface area (Å²) in [7, 11) is -9.62. The Balaban J connectivity index is 0.000000128. The molecule has 12 aromatic carbocycles. The maximum atomic E-state index is 14.0. The largest absolute Gasteiger partial charge is 0.259 e. The third kappa shape index (κ3) is 11.1. The van der Waals surface area contributed by atoms with Crippen molar-refractivity contribution < 1.29 is 21.0 Å². The molecule has 12 aromatic rings. The van der Waals surface area contributed by atoms with Crippen LogP contribution in [-0.4, -0.2) is 26.9 Å². The number of sulfone groups is 2. The van der Waals surface area contributed by atoms with Crippen LogP contribution in [0, 0.1) is 249 Å². The molecule has 3 aliphatic heterocycles. The van der Waals surface area contributed by atoms with Gasteiger partial charge in [-0.15, -0.1) is 0 Å². The summed E-state index contributed by atoms with van der Waals surface area (Å²) >= 11 is 0. The Bertz CT molecular complexity index is 7900. The van der Waals surface area contributed by atoms with Crippen LogP contribution >= 0.6 is 0 Å². The zero-order chi connectivity index (χ0) is 95.8. The third-order valence-corrected chi connectivity index (χ3v) is 41.4. The van der Waals surface area contributed by atoms with Gasteiger partial charge in [-0.3, -0.25) is 4.21 Å². The van der Waals surface area contributed by atoms with E-state index in [1.807, 2.05) is 24.3 Å². The van der Waals surface area contributed by atoms with Crippen molar-refractivity contribution in [2.24, 2.45) is 0 Å². The summed E-state index contributed by atoms with van der Waals surface area (Å²) in [6, 6.07) is 12.4. The highest BCUT2D eigenvalue weighted by molar-refractivity contribution is 8.03. The summed E-state index contributed by atoms with van der Waals surface area (Å²) < 4.78 is 68.5. The van der Waals surface area contributed by atoms with Gasteiger partial charge in [-0.25, -0.2) is 16.8 Å². The van der Waals surface area contributed by atoms with Gasteiger partial charge in [0.05, 0.1) is 26.0 Å². The van der Waals surface area contributed by atoms with E-state index in [9.17, 15) is 21.0 Å². The molecule has 0 amide bonds. The highest BCUT2D eigenvalue weighted by Crippen LogP contribution is 2.68. The van der Waals surface area contributed by atoms with Crippen LogP contribution in [0.25, 0.3) is 103 Å². The fraction of sp³-hybridized carbons (Fsp3) is 0.315. The Labute approximate surface area is 788 Å². The van der Waals surface area contributed by atoms with Gasteiger partial charge in [0.15, 0.2) is 9.84 Å². The fourth-order valence-electron chi connectivity index (χ4n) is 26.5. The maximum Gasteiger partial charge on any atom is 0.200 e. The molecule has 0 saturated carbocycles. The first-order valence-electron chi connectivity index (χ1n) is 47.3. The summed E-state index contributed by atoms with van der Waals surface area (Å²) in [4.78, 5) is 1.74. The van der Waals surface area contributed by atoms with Crippen molar-refractivity contribution in [1.82, 2.24) is 0 Å². The van der Waals surface area contributed by atoms with Crippen LogP contribution in [0.15, 0.2) is 85.5 Å². The molecule has 1 atom stereocenters.